The quantitative estimate of drug-likeness (QED) is 0.651. The molecule has 1 unspecified atom stereocenters. The summed E-state index contributed by atoms with van der Waals surface area (Å²) in [7, 11) is -3.59. The van der Waals surface area contributed by atoms with Gasteiger partial charge in [-0.25, -0.2) is 18.2 Å². The van der Waals surface area contributed by atoms with Crippen molar-refractivity contribution < 1.29 is 22.5 Å². The van der Waals surface area contributed by atoms with Gasteiger partial charge in [-0.2, -0.15) is 4.98 Å². The number of hydrogen-bond donors (Lipinski definition) is 1. The number of aromatic nitrogens is 3. The Bertz CT molecular complexity index is 1090. The van der Waals surface area contributed by atoms with Crippen molar-refractivity contribution in [1.82, 2.24) is 20.4 Å². The summed E-state index contributed by atoms with van der Waals surface area (Å²) in [6.07, 6.45) is 3.00. The van der Waals surface area contributed by atoms with Crippen LogP contribution in [0.4, 0.5) is 4.79 Å². The highest BCUT2D eigenvalue weighted by Gasteiger charge is 2.47. The van der Waals surface area contributed by atoms with Crippen LogP contribution in [0, 0.1) is 18.8 Å². The molecule has 1 atom stereocenters. The number of carbonyl (C=O) groups excluding carboxylic acids is 1. The Kier molecular flexibility index (Phi) is 5.53. The minimum absolute atomic E-state index is 0.00764. The molecule has 9 nitrogen and oxygen atoms in total. The Morgan fingerprint density at radius 1 is 1.26 bits per heavy atom. The minimum Gasteiger partial charge on any atom is -0.391 e. The van der Waals surface area contributed by atoms with Gasteiger partial charge in [-0.15, -0.1) is 0 Å². The highest BCUT2D eigenvalue weighted by atomic mass is 32.2. The van der Waals surface area contributed by atoms with E-state index < -0.39 is 21.5 Å². The molecule has 2 fully saturated rings. The first-order valence-corrected chi connectivity index (χ1v) is 12.3. The maximum atomic E-state index is 12.9. The lowest BCUT2D eigenvalue weighted by Gasteiger charge is -2.26. The maximum absolute atomic E-state index is 12.9. The normalized spacial score (nSPS) is 18.6. The summed E-state index contributed by atoms with van der Waals surface area (Å²) in [6, 6.07) is 3.26. The lowest BCUT2D eigenvalue weighted by atomic mass is 9.95. The predicted molar refractivity (Wildman–Crippen MR) is 111 cm³/mol. The molecule has 0 spiro atoms. The van der Waals surface area contributed by atoms with Crippen molar-refractivity contribution in [2.75, 3.05) is 5.75 Å². The van der Waals surface area contributed by atoms with Crippen LogP contribution in [0.5, 0.6) is 5.88 Å². The van der Waals surface area contributed by atoms with E-state index in [1.54, 1.807) is 19.1 Å². The van der Waals surface area contributed by atoms with Crippen LogP contribution in [-0.2, 0) is 15.4 Å². The van der Waals surface area contributed by atoms with Gasteiger partial charge in [-0.05, 0) is 55.9 Å². The summed E-state index contributed by atoms with van der Waals surface area (Å²) >= 11 is 0. The van der Waals surface area contributed by atoms with Gasteiger partial charge in [0.15, 0.2) is 20.7 Å². The number of aryl methyl sites for hydroxylation is 1. The van der Waals surface area contributed by atoms with E-state index in [0.29, 0.717) is 17.3 Å². The van der Waals surface area contributed by atoms with E-state index in [4.69, 9.17) is 9.26 Å². The van der Waals surface area contributed by atoms with Gasteiger partial charge in [0.1, 0.15) is 5.54 Å². The lowest BCUT2D eigenvalue weighted by molar-refractivity contribution is 0.175. The Hall–Kier alpha value is -2.49. The Labute approximate surface area is 181 Å². The van der Waals surface area contributed by atoms with Crippen molar-refractivity contribution in [3.05, 3.63) is 29.4 Å². The summed E-state index contributed by atoms with van der Waals surface area (Å²) < 4.78 is 36.3. The standard InChI is InChI=1S/C21H28N4O5S/c1-12(2)11-31(27,28)18-16(14-5-6-14)9-10-17(23-18)29-20(26)24-21(4,15-7-8-15)19-22-13(3)30-25-19/h9-10,12,14-15H,5-8,11H2,1-4H3,(H,24,26). The molecule has 2 aliphatic rings. The van der Waals surface area contributed by atoms with E-state index in [0.717, 1.165) is 25.7 Å². The summed E-state index contributed by atoms with van der Waals surface area (Å²) in [4.78, 5) is 21.2. The number of ether oxygens (including phenoxy) is 1. The molecule has 2 saturated carbocycles. The van der Waals surface area contributed by atoms with Crippen LogP contribution >= 0.6 is 0 Å². The molecule has 2 aliphatic carbocycles. The molecule has 31 heavy (non-hydrogen) atoms. The van der Waals surface area contributed by atoms with Gasteiger partial charge in [-0.3, -0.25) is 0 Å². The van der Waals surface area contributed by atoms with Crippen LogP contribution in [0.25, 0.3) is 0 Å². The monoisotopic (exact) mass is 448 g/mol. The fraction of sp³-hybridized carbons (Fsp3) is 0.619. The van der Waals surface area contributed by atoms with E-state index in [-0.39, 0.29) is 34.4 Å². The smallest absolute Gasteiger partial charge is 0.391 e. The highest BCUT2D eigenvalue weighted by Crippen LogP contribution is 2.45. The Balaban J connectivity index is 1.56. The van der Waals surface area contributed by atoms with Gasteiger partial charge in [0.2, 0.25) is 11.8 Å². The zero-order chi connectivity index (χ0) is 22.4. The van der Waals surface area contributed by atoms with E-state index in [1.165, 1.54) is 0 Å². The van der Waals surface area contributed by atoms with Crippen LogP contribution in [0.15, 0.2) is 21.7 Å². The molecular formula is C21H28N4O5S. The molecule has 2 aromatic rings. The second-order valence-electron chi connectivity index (χ2n) is 9.12. The number of nitrogens with zero attached hydrogens (tertiary/aromatic N) is 3. The van der Waals surface area contributed by atoms with Gasteiger partial charge >= 0.3 is 6.09 Å². The van der Waals surface area contributed by atoms with Gasteiger partial charge in [0, 0.05) is 13.0 Å². The molecule has 168 valence electrons. The molecule has 0 radical (unpaired) electrons. The third kappa shape index (κ3) is 4.73. The fourth-order valence-electron chi connectivity index (χ4n) is 3.81. The van der Waals surface area contributed by atoms with Crippen LogP contribution in [0.3, 0.4) is 0 Å². The molecule has 4 rings (SSSR count). The first-order valence-electron chi connectivity index (χ1n) is 10.6. The van der Waals surface area contributed by atoms with Crippen molar-refractivity contribution in [2.24, 2.45) is 11.8 Å². The highest BCUT2D eigenvalue weighted by molar-refractivity contribution is 7.91. The van der Waals surface area contributed by atoms with Crippen LogP contribution in [-0.4, -0.2) is 35.4 Å². The van der Waals surface area contributed by atoms with Gasteiger partial charge < -0.3 is 14.6 Å². The molecule has 0 saturated heterocycles. The lowest BCUT2D eigenvalue weighted by Crippen LogP contribution is -2.47. The fourth-order valence-corrected chi connectivity index (χ4v) is 5.67. The van der Waals surface area contributed by atoms with Crippen molar-refractivity contribution in [1.29, 1.82) is 0 Å². The summed E-state index contributed by atoms with van der Waals surface area (Å²) in [6.45, 7) is 7.21. The molecule has 0 aliphatic heterocycles. The number of carbonyl (C=O) groups is 1. The van der Waals surface area contributed by atoms with Crippen molar-refractivity contribution >= 4 is 15.9 Å². The number of amides is 1. The first-order chi connectivity index (χ1) is 14.6. The predicted octanol–water partition coefficient (Wildman–Crippen LogP) is 3.49. The number of sulfone groups is 1. The van der Waals surface area contributed by atoms with E-state index >= 15 is 0 Å². The van der Waals surface area contributed by atoms with Gasteiger partial charge in [0.05, 0.1) is 5.75 Å². The molecule has 1 amide bonds. The SMILES string of the molecule is Cc1nc(C(C)(NC(=O)Oc2ccc(C3CC3)c(S(=O)(=O)CC(C)C)n2)C2CC2)no1. The largest absolute Gasteiger partial charge is 0.414 e. The van der Waals surface area contributed by atoms with E-state index in [1.807, 2.05) is 20.8 Å². The molecule has 0 aromatic carbocycles. The average Bonchev–Trinajstić information content (AvgIpc) is 3.58. The van der Waals surface area contributed by atoms with Crippen molar-refractivity contribution in [3.8, 4) is 5.88 Å². The van der Waals surface area contributed by atoms with Gasteiger partial charge in [0.25, 0.3) is 0 Å². The maximum Gasteiger partial charge on any atom is 0.414 e. The van der Waals surface area contributed by atoms with Crippen LogP contribution in [0.2, 0.25) is 0 Å². The Morgan fingerprint density at radius 3 is 2.52 bits per heavy atom. The second-order valence-corrected chi connectivity index (χ2v) is 11.1. The summed E-state index contributed by atoms with van der Waals surface area (Å²) in [5.74, 6) is 1.08. The van der Waals surface area contributed by atoms with E-state index in [2.05, 4.69) is 20.4 Å². The van der Waals surface area contributed by atoms with E-state index in [9.17, 15) is 13.2 Å². The summed E-state index contributed by atoms with van der Waals surface area (Å²) in [5.41, 5.74) is -0.131. The molecule has 0 bridgehead atoms. The zero-order valence-electron chi connectivity index (χ0n) is 18.2. The van der Waals surface area contributed by atoms with Gasteiger partial charge in [-0.1, -0.05) is 25.1 Å². The third-order valence-corrected chi connectivity index (χ3v) is 7.70. The third-order valence-electron chi connectivity index (χ3n) is 5.67. The molecule has 2 heterocycles. The van der Waals surface area contributed by atoms with Crippen molar-refractivity contribution in [2.45, 2.75) is 69.9 Å². The number of hydrogen-bond acceptors (Lipinski definition) is 8. The van der Waals surface area contributed by atoms with Crippen LogP contribution < -0.4 is 10.1 Å². The zero-order valence-corrected chi connectivity index (χ0v) is 19.0. The molecule has 1 N–H and O–H groups in total. The van der Waals surface area contributed by atoms with Crippen LogP contribution in [0.1, 0.15) is 69.7 Å². The molecular weight excluding hydrogens is 420 g/mol. The number of rotatable bonds is 8. The molecule has 2 aromatic heterocycles. The first kappa shape index (κ1) is 21.7. The molecule has 10 heteroatoms. The second kappa shape index (κ2) is 7.89. The topological polar surface area (TPSA) is 124 Å². The minimum atomic E-state index is -3.59. The number of pyridine rings is 1. The number of nitrogens with one attached hydrogen (secondary N) is 1. The summed E-state index contributed by atoms with van der Waals surface area (Å²) in [5, 5.41) is 6.83. The van der Waals surface area contributed by atoms with Crippen molar-refractivity contribution in [3.63, 3.8) is 0 Å². The average molecular weight is 449 g/mol. The Morgan fingerprint density at radius 2 is 1.97 bits per heavy atom.